The van der Waals surface area contributed by atoms with E-state index in [1.165, 1.54) is 33.5 Å². The number of benzene rings is 3. The number of rotatable bonds is 9. The maximum atomic E-state index is 13.9. The van der Waals surface area contributed by atoms with E-state index in [0.29, 0.717) is 46.9 Å². The average molecular weight is 507 g/mol. The van der Waals surface area contributed by atoms with Crippen LogP contribution in [0.1, 0.15) is 52.4 Å². The van der Waals surface area contributed by atoms with Gasteiger partial charge in [-0.2, -0.15) is 0 Å². The summed E-state index contributed by atoms with van der Waals surface area (Å²) < 4.78 is 30.0. The molecule has 0 bridgehead atoms. The lowest BCUT2D eigenvalue weighted by atomic mass is 9.79. The lowest BCUT2D eigenvalue weighted by Gasteiger charge is -2.42. The highest BCUT2D eigenvalue weighted by Gasteiger charge is 2.44. The van der Waals surface area contributed by atoms with Gasteiger partial charge in [-0.15, -0.1) is 0 Å². The monoisotopic (exact) mass is 506 g/mol. The highest BCUT2D eigenvalue weighted by atomic mass is 19.1. The summed E-state index contributed by atoms with van der Waals surface area (Å²) in [5.41, 5.74) is 2.61. The lowest BCUT2D eigenvalue weighted by Crippen LogP contribution is -2.47. The van der Waals surface area contributed by atoms with Crippen molar-refractivity contribution in [2.24, 2.45) is 0 Å². The normalized spacial score (nSPS) is 16.7. The smallest absolute Gasteiger partial charge is 0.254 e. The molecule has 8 heteroatoms. The fourth-order valence-corrected chi connectivity index (χ4v) is 4.91. The maximum Gasteiger partial charge on any atom is 0.254 e. The Morgan fingerprint density at radius 1 is 0.973 bits per heavy atom. The SMILES string of the molecule is CCCN1C(=O)c2ccccc2C(C(=O)NCc2ccc(F)cc2)C1c1cc(OC)c(OC)c(OC)c1. The van der Waals surface area contributed by atoms with Crippen LogP contribution in [-0.4, -0.2) is 44.6 Å². The van der Waals surface area contributed by atoms with Gasteiger partial charge in [0, 0.05) is 18.7 Å². The minimum Gasteiger partial charge on any atom is -0.493 e. The molecule has 2 atom stereocenters. The first-order chi connectivity index (χ1) is 17.9. The Morgan fingerprint density at radius 3 is 2.22 bits per heavy atom. The highest BCUT2D eigenvalue weighted by molar-refractivity contribution is 6.01. The van der Waals surface area contributed by atoms with Crippen molar-refractivity contribution >= 4 is 11.8 Å². The van der Waals surface area contributed by atoms with Crippen molar-refractivity contribution in [1.29, 1.82) is 0 Å². The fraction of sp³-hybridized carbons (Fsp3) is 0.310. The van der Waals surface area contributed by atoms with E-state index in [-0.39, 0.29) is 24.2 Å². The van der Waals surface area contributed by atoms with Crippen LogP contribution in [0.5, 0.6) is 17.2 Å². The topological polar surface area (TPSA) is 77.1 Å². The van der Waals surface area contributed by atoms with E-state index in [1.807, 2.05) is 19.1 Å². The number of nitrogens with zero attached hydrogens (tertiary/aromatic N) is 1. The van der Waals surface area contributed by atoms with Crippen molar-refractivity contribution in [3.05, 3.63) is 88.7 Å². The number of amides is 2. The summed E-state index contributed by atoms with van der Waals surface area (Å²) in [5.74, 6) is -0.134. The van der Waals surface area contributed by atoms with E-state index < -0.39 is 12.0 Å². The summed E-state index contributed by atoms with van der Waals surface area (Å²) >= 11 is 0. The number of carbonyl (C=O) groups is 2. The molecule has 1 heterocycles. The van der Waals surface area contributed by atoms with E-state index >= 15 is 0 Å². The van der Waals surface area contributed by atoms with E-state index in [4.69, 9.17) is 14.2 Å². The first-order valence-corrected chi connectivity index (χ1v) is 12.1. The first-order valence-electron chi connectivity index (χ1n) is 12.1. The average Bonchev–Trinajstić information content (AvgIpc) is 2.93. The number of ether oxygens (including phenoxy) is 3. The van der Waals surface area contributed by atoms with Crippen molar-refractivity contribution in [2.75, 3.05) is 27.9 Å². The molecule has 0 fully saturated rings. The summed E-state index contributed by atoms with van der Waals surface area (Å²) in [7, 11) is 4.58. The number of halogens is 1. The van der Waals surface area contributed by atoms with Crippen LogP contribution in [-0.2, 0) is 11.3 Å². The number of hydrogen-bond acceptors (Lipinski definition) is 5. The second-order valence-electron chi connectivity index (χ2n) is 8.81. The molecule has 0 saturated heterocycles. The molecular formula is C29H31FN2O5. The molecule has 0 spiro atoms. The highest BCUT2D eigenvalue weighted by Crippen LogP contribution is 2.47. The van der Waals surface area contributed by atoms with Crippen LogP contribution in [0.4, 0.5) is 4.39 Å². The minimum atomic E-state index is -0.705. The zero-order chi connectivity index (χ0) is 26.5. The zero-order valence-electron chi connectivity index (χ0n) is 21.4. The molecule has 7 nitrogen and oxygen atoms in total. The molecule has 0 aromatic heterocycles. The molecule has 194 valence electrons. The largest absolute Gasteiger partial charge is 0.493 e. The molecule has 1 aliphatic rings. The summed E-state index contributed by atoms with van der Waals surface area (Å²) in [6, 6.07) is 16.1. The van der Waals surface area contributed by atoms with Gasteiger partial charge in [0.15, 0.2) is 11.5 Å². The lowest BCUT2D eigenvalue weighted by molar-refractivity contribution is -0.124. The quantitative estimate of drug-likeness (QED) is 0.449. The Bertz CT molecular complexity index is 1250. The molecule has 2 unspecified atom stereocenters. The van der Waals surface area contributed by atoms with E-state index in [1.54, 1.807) is 41.3 Å². The minimum absolute atomic E-state index is 0.140. The standard InChI is InChI=1S/C29H31FN2O5/c1-5-14-32-26(19-15-23(35-2)27(37-4)24(16-19)36-3)25(21-8-6-7-9-22(21)29(32)34)28(33)31-17-18-10-12-20(30)13-11-18/h6-13,15-16,25-26H,5,14,17H2,1-4H3,(H,31,33). The van der Waals surface area contributed by atoms with Crippen molar-refractivity contribution in [2.45, 2.75) is 31.8 Å². The van der Waals surface area contributed by atoms with E-state index in [9.17, 15) is 14.0 Å². The summed E-state index contributed by atoms with van der Waals surface area (Å²) in [5, 5.41) is 3.00. The van der Waals surface area contributed by atoms with Crippen LogP contribution in [0.3, 0.4) is 0 Å². The van der Waals surface area contributed by atoms with Gasteiger partial charge in [-0.05, 0) is 53.4 Å². The molecule has 37 heavy (non-hydrogen) atoms. The van der Waals surface area contributed by atoms with Gasteiger partial charge < -0.3 is 24.4 Å². The Morgan fingerprint density at radius 2 is 1.62 bits per heavy atom. The third-order valence-corrected chi connectivity index (χ3v) is 6.59. The Kier molecular flexibility index (Phi) is 7.96. The van der Waals surface area contributed by atoms with Crippen molar-refractivity contribution in [3.63, 3.8) is 0 Å². The van der Waals surface area contributed by atoms with Gasteiger partial charge in [0.1, 0.15) is 5.82 Å². The number of carbonyl (C=O) groups excluding carboxylic acids is 2. The van der Waals surface area contributed by atoms with Crippen molar-refractivity contribution in [3.8, 4) is 17.2 Å². The molecule has 2 amide bonds. The van der Waals surface area contributed by atoms with Gasteiger partial charge in [0.25, 0.3) is 5.91 Å². The van der Waals surface area contributed by atoms with Crippen LogP contribution < -0.4 is 19.5 Å². The summed E-state index contributed by atoms with van der Waals surface area (Å²) in [6.07, 6.45) is 0.707. The van der Waals surface area contributed by atoms with Crippen molar-refractivity contribution < 1.29 is 28.2 Å². The van der Waals surface area contributed by atoms with Crippen LogP contribution in [0.15, 0.2) is 60.7 Å². The molecule has 1 N–H and O–H groups in total. The molecule has 1 aliphatic heterocycles. The molecule has 0 saturated carbocycles. The van der Waals surface area contributed by atoms with E-state index in [2.05, 4.69) is 5.32 Å². The molecule has 0 aliphatic carbocycles. The molecule has 4 rings (SSSR count). The van der Waals surface area contributed by atoms with Crippen LogP contribution in [0.2, 0.25) is 0 Å². The Hall–Kier alpha value is -4.07. The Balaban J connectivity index is 1.83. The predicted octanol–water partition coefficient (Wildman–Crippen LogP) is 4.86. The van der Waals surface area contributed by atoms with Gasteiger partial charge in [-0.1, -0.05) is 37.3 Å². The number of hydrogen-bond donors (Lipinski definition) is 1. The van der Waals surface area contributed by atoms with Crippen LogP contribution in [0.25, 0.3) is 0 Å². The van der Waals surface area contributed by atoms with Crippen LogP contribution >= 0.6 is 0 Å². The van der Waals surface area contributed by atoms with Gasteiger partial charge >= 0.3 is 0 Å². The zero-order valence-corrected chi connectivity index (χ0v) is 21.4. The van der Waals surface area contributed by atoms with Crippen molar-refractivity contribution in [1.82, 2.24) is 10.2 Å². The van der Waals surface area contributed by atoms with Crippen LogP contribution in [0, 0.1) is 5.82 Å². The Labute approximate surface area is 216 Å². The second-order valence-corrected chi connectivity index (χ2v) is 8.81. The first kappa shape index (κ1) is 26.0. The third-order valence-electron chi connectivity index (χ3n) is 6.59. The number of fused-ring (bicyclic) bond motifs is 1. The van der Waals surface area contributed by atoms with Gasteiger partial charge in [-0.25, -0.2) is 4.39 Å². The molecule has 0 radical (unpaired) electrons. The van der Waals surface area contributed by atoms with Gasteiger partial charge in [0.05, 0.1) is 33.3 Å². The van der Waals surface area contributed by atoms with Gasteiger partial charge in [-0.3, -0.25) is 9.59 Å². The van der Waals surface area contributed by atoms with Gasteiger partial charge in [0.2, 0.25) is 11.7 Å². The summed E-state index contributed by atoms with van der Waals surface area (Å²) in [6.45, 7) is 2.67. The summed E-state index contributed by atoms with van der Waals surface area (Å²) in [4.78, 5) is 29.3. The maximum absolute atomic E-state index is 13.9. The molecular weight excluding hydrogens is 475 g/mol. The molecule has 3 aromatic carbocycles. The third kappa shape index (κ3) is 5.09. The molecule has 3 aromatic rings. The fourth-order valence-electron chi connectivity index (χ4n) is 4.91. The number of methoxy groups -OCH3 is 3. The number of nitrogens with one attached hydrogen (secondary N) is 1. The second kappa shape index (κ2) is 11.3. The van der Waals surface area contributed by atoms with E-state index in [0.717, 1.165) is 5.56 Å². The predicted molar refractivity (Wildman–Crippen MR) is 138 cm³/mol.